The topological polar surface area (TPSA) is 71.3 Å². The van der Waals surface area contributed by atoms with E-state index in [1.165, 1.54) is 0 Å². The Morgan fingerprint density at radius 1 is 1.03 bits per heavy atom. The molecule has 0 bridgehead atoms. The number of nitrogens with one attached hydrogen (secondary N) is 1. The normalized spacial score (nSPS) is 15.9. The lowest BCUT2D eigenvalue weighted by Crippen LogP contribution is -2.46. The quantitative estimate of drug-likeness (QED) is 0.332. The molecule has 0 spiro atoms. The van der Waals surface area contributed by atoms with Crippen LogP contribution in [0.2, 0.25) is 5.02 Å². The fraction of sp³-hybridized carbons (Fsp3) is 0.179. The molecule has 3 aromatic carbocycles. The molecule has 6 nitrogen and oxygen atoms in total. The van der Waals surface area contributed by atoms with Gasteiger partial charge in [0.25, 0.3) is 5.89 Å². The molecule has 35 heavy (non-hydrogen) atoms. The Balaban J connectivity index is 1.66. The number of aryl methyl sites for hydroxylation is 2. The van der Waals surface area contributed by atoms with Crippen LogP contribution in [0.4, 0.5) is 10.5 Å². The van der Waals surface area contributed by atoms with Crippen molar-refractivity contribution in [2.45, 2.75) is 33.2 Å². The molecule has 1 aromatic heterocycles. The van der Waals surface area contributed by atoms with Gasteiger partial charge in [0, 0.05) is 16.3 Å². The number of aromatic nitrogens is 2. The molecule has 4 aromatic rings. The Labute approximate surface area is 209 Å². The van der Waals surface area contributed by atoms with E-state index in [9.17, 15) is 4.79 Å². The summed E-state index contributed by atoms with van der Waals surface area (Å²) >= 11 is 6.17. The number of urea groups is 1. The van der Waals surface area contributed by atoms with Gasteiger partial charge in [0.2, 0.25) is 5.82 Å². The van der Waals surface area contributed by atoms with Gasteiger partial charge in [-0.3, -0.25) is 4.90 Å². The highest BCUT2D eigenvalue weighted by molar-refractivity contribution is 6.30. The SMILES string of the molecule is CCc1cccc(N2C(=O)NC(c3ccc(C)cc3)C(c3nc(-c4cccc(Cl)c4)no3)=C2C)c1. The molecule has 2 heterocycles. The molecule has 5 rings (SSSR count). The van der Waals surface area contributed by atoms with Crippen LogP contribution >= 0.6 is 11.6 Å². The summed E-state index contributed by atoms with van der Waals surface area (Å²) in [5, 5.41) is 7.96. The molecule has 1 aliphatic heterocycles. The van der Waals surface area contributed by atoms with Gasteiger partial charge in [-0.1, -0.05) is 77.8 Å². The average molecular weight is 485 g/mol. The Hall–Kier alpha value is -3.90. The van der Waals surface area contributed by atoms with Crippen molar-refractivity contribution in [3.8, 4) is 11.4 Å². The highest BCUT2D eigenvalue weighted by Crippen LogP contribution is 2.39. The first-order valence-corrected chi connectivity index (χ1v) is 11.9. The van der Waals surface area contributed by atoms with Gasteiger partial charge in [-0.2, -0.15) is 4.98 Å². The molecule has 1 N–H and O–H groups in total. The maximum absolute atomic E-state index is 13.4. The minimum atomic E-state index is -0.443. The van der Waals surface area contributed by atoms with Crippen molar-refractivity contribution in [2.75, 3.05) is 4.90 Å². The van der Waals surface area contributed by atoms with Gasteiger partial charge >= 0.3 is 6.03 Å². The maximum Gasteiger partial charge on any atom is 0.326 e. The van der Waals surface area contributed by atoms with Crippen molar-refractivity contribution in [1.29, 1.82) is 0 Å². The first-order chi connectivity index (χ1) is 16.9. The number of benzene rings is 3. The zero-order valence-corrected chi connectivity index (χ0v) is 20.5. The third-order valence-electron chi connectivity index (χ3n) is 6.21. The van der Waals surface area contributed by atoms with Gasteiger partial charge < -0.3 is 9.84 Å². The van der Waals surface area contributed by atoms with Gasteiger partial charge in [-0.05, 0) is 55.7 Å². The van der Waals surface area contributed by atoms with Gasteiger partial charge in [0.1, 0.15) is 0 Å². The summed E-state index contributed by atoms with van der Waals surface area (Å²) in [7, 11) is 0. The number of anilines is 1. The number of amides is 2. The fourth-order valence-corrected chi connectivity index (χ4v) is 4.52. The molecule has 1 atom stereocenters. The Bertz CT molecular complexity index is 1420. The maximum atomic E-state index is 13.4. The van der Waals surface area contributed by atoms with E-state index in [2.05, 4.69) is 23.5 Å². The van der Waals surface area contributed by atoms with Crippen molar-refractivity contribution in [3.05, 3.63) is 106 Å². The molecule has 0 saturated heterocycles. The first-order valence-electron chi connectivity index (χ1n) is 11.5. The third kappa shape index (κ3) is 4.45. The van der Waals surface area contributed by atoms with E-state index < -0.39 is 6.04 Å². The monoisotopic (exact) mass is 484 g/mol. The number of halogens is 1. The second-order valence-corrected chi connectivity index (χ2v) is 9.02. The molecule has 7 heteroatoms. The van der Waals surface area contributed by atoms with Gasteiger partial charge in [0.15, 0.2) is 0 Å². The predicted molar refractivity (Wildman–Crippen MR) is 138 cm³/mol. The standard InChI is InChI=1S/C28H25ClN4O2/c1-4-19-7-5-10-23(15-19)33-18(3)24(25(30-28(33)34)20-13-11-17(2)12-14-20)27-31-26(32-35-27)21-8-6-9-22(29)16-21/h5-16,25H,4H2,1-3H3,(H,30,34). The van der Waals surface area contributed by atoms with Crippen LogP contribution in [-0.2, 0) is 6.42 Å². The van der Waals surface area contributed by atoms with Crippen LogP contribution in [0.1, 0.15) is 42.5 Å². The molecule has 0 fully saturated rings. The van der Waals surface area contributed by atoms with Crippen LogP contribution in [0.15, 0.2) is 83.0 Å². The van der Waals surface area contributed by atoms with Crippen LogP contribution < -0.4 is 10.2 Å². The van der Waals surface area contributed by atoms with Crippen LogP contribution in [0.5, 0.6) is 0 Å². The highest BCUT2D eigenvalue weighted by atomic mass is 35.5. The predicted octanol–water partition coefficient (Wildman–Crippen LogP) is 6.96. The third-order valence-corrected chi connectivity index (χ3v) is 6.45. The van der Waals surface area contributed by atoms with E-state index in [0.29, 0.717) is 16.7 Å². The summed E-state index contributed by atoms with van der Waals surface area (Å²) < 4.78 is 5.77. The molecule has 176 valence electrons. The molecule has 0 aliphatic carbocycles. The molecular weight excluding hydrogens is 460 g/mol. The smallest absolute Gasteiger partial charge is 0.326 e. The number of hydrogen-bond acceptors (Lipinski definition) is 4. The Morgan fingerprint density at radius 2 is 1.80 bits per heavy atom. The zero-order chi connectivity index (χ0) is 24.5. The minimum Gasteiger partial charge on any atom is -0.334 e. The molecule has 1 unspecified atom stereocenters. The second kappa shape index (κ2) is 9.39. The van der Waals surface area contributed by atoms with E-state index in [1.807, 2.05) is 68.4 Å². The lowest BCUT2D eigenvalue weighted by Gasteiger charge is -2.35. The largest absolute Gasteiger partial charge is 0.334 e. The lowest BCUT2D eigenvalue weighted by molar-refractivity contribution is 0.244. The number of allylic oxidation sites excluding steroid dienone is 1. The van der Waals surface area contributed by atoms with Crippen molar-refractivity contribution in [2.24, 2.45) is 0 Å². The van der Waals surface area contributed by atoms with Crippen molar-refractivity contribution in [1.82, 2.24) is 15.5 Å². The summed E-state index contributed by atoms with van der Waals surface area (Å²) in [6, 6.07) is 22.7. The van der Waals surface area contributed by atoms with Gasteiger partial charge in [0.05, 0.1) is 17.3 Å². The summed E-state index contributed by atoms with van der Waals surface area (Å²) in [5.74, 6) is 0.779. The second-order valence-electron chi connectivity index (χ2n) is 8.58. The molecule has 2 amide bonds. The van der Waals surface area contributed by atoms with E-state index in [1.54, 1.807) is 17.0 Å². The van der Waals surface area contributed by atoms with E-state index in [4.69, 9.17) is 21.1 Å². The summed E-state index contributed by atoms with van der Waals surface area (Å²) in [6.07, 6.45) is 0.873. The van der Waals surface area contributed by atoms with Crippen molar-refractivity contribution in [3.63, 3.8) is 0 Å². The van der Waals surface area contributed by atoms with Crippen molar-refractivity contribution >= 4 is 28.9 Å². The Morgan fingerprint density at radius 3 is 2.54 bits per heavy atom. The summed E-state index contributed by atoms with van der Waals surface area (Å²) in [4.78, 5) is 19.8. The van der Waals surface area contributed by atoms with Crippen LogP contribution in [0, 0.1) is 6.92 Å². The summed E-state index contributed by atoms with van der Waals surface area (Å²) in [5.41, 5.74) is 6.23. The average Bonchev–Trinajstić information content (AvgIpc) is 3.34. The van der Waals surface area contributed by atoms with Gasteiger partial charge in [-0.15, -0.1) is 0 Å². The number of rotatable bonds is 5. The van der Waals surface area contributed by atoms with Crippen molar-refractivity contribution < 1.29 is 9.32 Å². The van der Waals surface area contributed by atoms with E-state index in [-0.39, 0.29) is 6.03 Å². The molecule has 0 radical (unpaired) electrons. The number of hydrogen-bond donors (Lipinski definition) is 1. The molecular formula is C28H25ClN4O2. The Kier molecular flexibility index (Phi) is 6.14. The summed E-state index contributed by atoms with van der Waals surface area (Å²) in [6.45, 7) is 6.03. The molecule has 0 saturated carbocycles. The number of nitrogens with zero attached hydrogens (tertiary/aromatic N) is 3. The molecule has 1 aliphatic rings. The van der Waals surface area contributed by atoms with E-state index >= 15 is 0 Å². The lowest BCUT2D eigenvalue weighted by atomic mass is 9.94. The zero-order valence-electron chi connectivity index (χ0n) is 19.7. The number of carbonyl (C=O) groups excluding carboxylic acids is 1. The van der Waals surface area contributed by atoms with Gasteiger partial charge in [-0.25, -0.2) is 4.79 Å². The first kappa shape index (κ1) is 22.9. The highest BCUT2D eigenvalue weighted by Gasteiger charge is 2.36. The van der Waals surface area contributed by atoms with Crippen LogP contribution in [0.25, 0.3) is 17.0 Å². The number of carbonyl (C=O) groups is 1. The van der Waals surface area contributed by atoms with Crippen LogP contribution in [-0.4, -0.2) is 16.2 Å². The van der Waals surface area contributed by atoms with E-state index in [0.717, 1.165) is 45.6 Å². The minimum absolute atomic E-state index is 0.209. The fourth-order valence-electron chi connectivity index (χ4n) is 4.33. The van der Waals surface area contributed by atoms with Crippen LogP contribution in [0.3, 0.4) is 0 Å².